The molecule has 0 aliphatic heterocycles. The van der Waals surface area contributed by atoms with Gasteiger partial charge in [-0.2, -0.15) is 0 Å². The van der Waals surface area contributed by atoms with Gasteiger partial charge in [0.1, 0.15) is 5.76 Å². The smallest absolute Gasteiger partial charge is 0.303 e. The molecule has 0 bridgehead atoms. The lowest BCUT2D eigenvalue weighted by molar-refractivity contribution is -0.137. The maximum absolute atomic E-state index is 11.3. The van der Waals surface area contributed by atoms with Crippen molar-refractivity contribution in [2.24, 2.45) is 0 Å². The summed E-state index contributed by atoms with van der Waals surface area (Å²) < 4.78 is 5.12. The Morgan fingerprint density at radius 3 is 2.71 bits per heavy atom. The second-order valence-corrected chi connectivity index (χ2v) is 3.78. The van der Waals surface area contributed by atoms with Gasteiger partial charge in [0.25, 0.3) is 0 Å². The monoisotopic (exact) mass is 239 g/mol. The summed E-state index contributed by atoms with van der Waals surface area (Å²) in [6.45, 7) is 0.547. The quantitative estimate of drug-likeness (QED) is 0.675. The minimum Gasteiger partial charge on any atom is -0.481 e. The Hall–Kier alpha value is -1.78. The third-order valence-corrected chi connectivity index (χ3v) is 2.32. The van der Waals surface area contributed by atoms with Crippen LogP contribution in [0.4, 0.5) is 0 Å². The van der Waals surface area contributed by atoms with E-state index in [9.17, 15) is 9.59 Å². The number of hydrogen-bond acceptors (Lipinski definition) is 3. The molecule has 5 heteroatoms. The fourth-order valence-electron chi connectivity index (χ4n) is 1.43. The van der Waals surface area contributed by atoms with Gasteiger partial charge in [-0.05, 0) is 25.0 Å². The molecule has 0 atom stereocenters. The van der Waals surface area contributed by atoms with Crippen molar-refractivity contribution in [3.05, 3.63) is 24.2 Å². The van der Waals surface area contributed by atoms with E-state index in [0.717, 1.165) is 5.76 Å². The van der Waals surface area contributed by atoms with Gasteiger partial charge in [-0.3, -0.25) is 9.59 Å². The van der Waals surface area contributed by atoms with Gasteiger partial charge in [0.2, 0.25) is 5.91 Å². The Kier molecular flexibility index (Phi) is 5.85. The largest absolute Gasteiger partial charge is 0.481 e. The van der Waals surface area contributed by atoms with Crippen molar-refractivity contribution < 1.29 is 19.1 Å². The Labute approximate surface area is 99.8 Å². The molecule has 0 unspecified atom stereocenters. The number of nitrogens with one attached hydrogen (secondary N) is 1. The van der Waals surface area contributed by atoms with E-state index in [1.165, 1.54) is 0 Å². The maximum Gasteiger partial charge on any atom is 0.303 e. The van der Waals surface area contributed by atoms with Crippen LogP contribution in [0.15, 0.2) is 22.8 Å². The van der Waals surface area contributed by atoms with Crippen molar-refractivity contribution in [2.75, 3.05) is 6.54 Å². The third-order valence-electron chi connectivity index (χ3n) is 2.32. The molecule has 0 aliphatic rings. The van der Waals surface area contributed by atoms with Gasteiger partial charge in [0.05, 0.1) is 6.26 Å². The second kappa shape index (κ2) is 7.49. The third kappa shape index (κ3) is 6.40. The van der Waals surface area contributed by atoms with E-state index in [-0.39, 0.29) is 12.3 Å². The van der Waals surface area contributed by atoms with Crippen molar-refractivity contribution >= 4 is 11.9 Å². The lowest BCUT2D eigenvalue weighted by Gasteiger charge is -2.03. The summed E-state index contributed by atoms with van der Waals surface area (Å²) in [6.07, 6.45) is 3.93. The summed E-state index contributed by atoms with van der Waals surface area (Å²) in [5.74, 6) is -0.0126. The van der Waals surface area contributed by atoms with Crippen LogP contribution in [0.5, 0.6) is 0 Å². The van der Waals surface area contributed by atoms with Gasteiger partial charge in [-0.15, -0.1) is 0 Å². The van der Waals surface area contributed by atoms with E-state index in [1.54, 1.807) is 6.26 Å². The van der Waals surface area contributed by atoms with E-state index in [2.05, 4.69) is 5.32 Å². The molecular formula is C12H17NO4. The first kappa shape index (κ1) is 13.3. The highest BCUT2D eigenvalue weighted by atomic mass is 16.4. The zero-order chi connectivity index (χ0) is 12.5. The average Bonchev–Trinajstić information content (AvgIpc) is 2.77. The highest BCUT2D eigenvalue weighted by molar-refractivity contribution is 5.75. The molecule has 0 saturated carbocycles. The van der Waals surface area contributed by atoms with Crippen LogP contribution >= 0.6 is 0 Å². The molecule has 0 radical (unpaired) electrons. The number of rotatable bonds is 8. The Morgan fingerprint density at radius 2 is 2.06 bits per heavy atom. The molecule has 1 aromatic heterocycles. The fraction of sp³-hybridized carbons (Fsp3) is 0.500. The molecule has 1 amide bonds. The van der Waals surface area contributed by atoms with Gasteiger partial charge in [0, 0.05) is 25.8 Å². The number of carbonyl (C=O) groups is 2. The molecule has 0 spiro atoms. The molecule has 1 aromatic rings. The number of carboxylic acid groups (broad SMARTS) is 1. The van der Waals surface area contributed by atoms with Crippen LogP contribution in [0.25, 0.3) is 0 Å². The van der Waals surface area contributed by atoms with Crippen LogP contribution in [0.1, 0.15) is 31.4 Å². The van der Waals surface area contributed by atoms with Crippen molar-refractivity contribution in [1.82, 2.24) is 5.32 Å². The summed E-state index contributed by atoms with van der Waals surface area (Å²) >= 11 is 0. The molecular weight excluding hydrogens is 222 g/mol. The van der Waals surface area contributed by atoms with E-state index >= 15 is 0 Å². The summed E-state index contributed by atoms with van der Waals surface area (Å²) in [4.78, 5) is 21.6. The van der Waals surface area contributed by atoms with Crippen molar-refractivity contribution in [1.29, 1.82) is 0 Å². The maximum atomic E-state index is 11.3. The molecule has 0 aromatic carbocycles. The molecule has 2 N–H and O–H groups in total. The van der Waals surface area contributed by atoms with E-state index < -0.39 is 5.97 Å². The number of aliphatic carboxylic acids is 1. The highest BCUT2D eigenvalue weighted by Crippen LogP contribution is 2.01. The predicted octanol–water partition coefficient (Wildman–Crippen LogP) is 1.58. The van der Waals surface area contributed by atoms with Crippen LogP contribution in [-0.4, -0.2) is 23.5 Å². The van der Waals surface area contributed by atoms with Gasteiger partial charge >= 0.3 is 5.97 Å². The number of furan rings is 1. The number of carboxylic acids is 1. The van der Waals surface area contributed by atoms with Gasteiger partial charge in [-0.25, -0.2) is 0 Å². The predicted molar refractivity (Wildman–Crippen MR) is 61.5 cm³/mol. The van der Waals surface area contributed by atoms with E-state index in [0.29, 0.717) is 32.2 Å². The second-order valence-electron chi connectivity index (χ2n) is 3.78. The van der Waals surface area contributed by atoms with Crippen LogP contribution in [0.3, 0.4) is 0 Å². The molecule has 17 heavy (non-hydrogen) atoms. The molecule has 0 saturated heterocycles. The van der Waals surface area contributed by atoms with Crippen LogP contribution in [0, 0.1) is 0 Å². The number of carbonyl (C=O) groups excluding carboxylic acids is 1. The zero-order valence-corrected chi connectivity index (χ0v) is 9.65. The van der Waals surface area contributed by atoms with Crippen molar-refractivity contribution in [3.8, 4) is 0 Å². The van der Waals surface area contributed by atoms with Crippen molar-refractivity contribution in [3.63, 3.8) is 0 Å². The number of unbranched alkanes of at least 4 members (excludes halogenated alkanes) is 1. The lowest BCUT2D eigenvalue weighted by atomic mass is 10.2. The molecule has 1 rings (SSSR count). The molecule has 1 heterocycles. The topological polar surface area (TPSA) is 79.5 Å². The fourth-order valence-corrected chi connectivity index (χ4v) is 1.43. The van der Waals surface area contributed by atoms with Crippen LogP contribution in [-0.2, 0) is 16.0 Å². The number of hydrogen-bond donors (Lipinski definition) is 2. The highest BCUT2D eigenvalue weighted by Gasteiger charge is 2.03. The first-order chi connectivity index (χ1) is 8.18. The minimum atomic E-state index is -0.816. The normalized spacial score (nSPS) is 10.1. The number of amides is 1. The lowest BCUT2D eigenvalue weighted by Crippen LogP contribution is -2.25. The molecule has 94 valence electrons. The van der Waals surface area contributed by atoms with Crippen LogP contribution in [0.2, 0.25) is 0 Å². The zero-order valence-electron chi connectivity index (χ0n) is 9.65. The summed E-state index contributed by atoms with van der Waals surface area (Å²) in [6, 6.07) is 3.67. The Bertz CT molecular complexity index is 345. The minimum absolute atomic E-state index is 0.0399. The van der Waals surface area contributed by atoms with Gasteiger partial charge in [0.15, 0.2) is 0 Å². The van der Waals surface area contributed by atoms with Gasteiger partial charge in [-0.1, -0.05) is 0 Å². The summed E-state index contributed by atoms with van der Waals surface area (Å²) in [7, 11) is 0. The standard InChI is InChI=1S/C12H17NO4/c14-11(5-1-2-6-12(15)16)13-8-7-10-4-3-9-17-10/h3-4,9H,1-2,5-8H2,(H,13,14)(H,15,16). The van der Waals surface area contributed by atoms with Gasteiger partial charge < -0.3 is 14.8 Å². The summed E-state index contributed by atoms with van der Waals surface area (Å²) in [5, 5.41) is 11.2. The Balaban J connectivity index is 1.99. The van der Waals surface area contributed by atoms with Crippen molar-refractivity contribution in [2.45, 2.75) is 32.1 Å². The first-order valence-corrected chi connectivity index (χ1v) is 5.69. The van der Waals surface area contributed by atoms with E-state index in [1.807, 2.05) is 12.1 Å². The molecule has 0 fully saturated rings. The average molecular weight is 239 g/mol. The summed E-state index contributed by atoms with van der Waals surface area (Å²) in [5.41, 5.74) is 0. The molecule has 5 nitrogen and oxygen atoms in total. The molecule has 0 aliphatic carbocycles. The first-order valence-electron chi connectivity index (χ1n) is 5.69. The van der Waals surface area contributed by atoms with E-state index in [4.69, 9.17) is 9.52 Å². The Morgan fingerprint density at radius 1 is 1.29 bits per heavy atom. The van der Waals surface area contributed by atoms with Crippen LogP contribution < -0.4 is 5.32 Å². The SMILES string of the molecule is O=C(O)CCCCC(=O)NCCc1ccco1.